The van der Waals surface area contributed by atoms with Crippen molar-refractivity contribution < 1.29 is 26.7 Å². The Bertz CT molecular complexity index is 486. The second-order valence-corrected chi connectivity index (χ2v) is 4.35. The van der Waals surface area contributed by atoms with Crippen molar-refractivity contribution in [2.45, 2.75) is 26.1 Å². The summed E-state index contributed by atoms with van der Waals surface area (Å²) < 4.78 is 62.9. The maximum atomic E-state index is 13.0. The van der Waals surface area contributed by atoms with Crippen LogP contribution in [0.3, 0.4) is 0 Å². The Balaban J connectivity index is 2.91. The summed E-state index contributed by atoms with van der Waals surface area (Å²) in [6, 6.07) is 1.44. The number of halogens is 5. The van der Waals surface area contributed by atoms with Gasteiger partial charge in [-0.05, 0) is 31.7 Å². The summed E-state index contributed by atoms with van der Waals surface area (Å²) in [6.45, 7) is 1.57. The van der Waals surface area contributed by atoms with Crippen LogP contribution < -0.4 is 0 Å². The van der Waals surface area contributed by atoms with E-state index in [1.807, 2.05) is 0 Å². The first-order valence-electron chi connectivity index (χ1n) is 5.95. The molecule has 0 spiro atoms. The minimum atomic E-state index is -4.43. The molecular formula is C13H14F5NO. The molecule has 0 N–H and O–H groups in total. The van der Waals surface area contributed by atoms with E-state index < -0.39 is 36.2 Å². The minimum absolute atomic E-state index is 0.0100. The van der Waals surface area contributed by atoms with Crippen molar-refractivity contribution in [2.75, 3.05) is 13.1 Å². The van der Waals surface area contributed by atoms with Crippen molar-refractivity contribution in [1.29, 1.82) is 0 Å². The maximum Gasteiger partial charge on any atom is 0.401 e. The summed E-state index contributed by atoms with van der Waals surface area (Å²) in [6.07, 6.45) is -4.43. The van der Waals surface area contributed by atoms with Gasteiger partial charge in [-0.25, -0.2) is 8.78 Å². The average Bonchev–Trinajstić information content (AvgIpc) is 2.36. The first-order chi connectivity index (χ1) is 9.15. The molecule has 0 heterocycles. The Hall–Kier alpha value is -1.50. The third kappa shape index (κ3) is 4.26. The molecule has 2 nitrogen and oxygen atoms in total. The second kappa shape index (κ2) is 6.30. The summed E-state index contributed by atoms with van der Waals surface area (Å²) in [7, 11) is 0. The van der Waals surface area contributed by atoms with Crippen molar-refractivity contribution in [2.24, 2.45) is 0 Å². The molecule has 112 valence electrons. The number of rotatable bonds is 5. The van der Waals surface area contributed by atoms with Gasteiger partial charge in [-0.15, -0.1) is 0 Å². The molecule has 7 heteroatoms. The first kappa shape index (κ1) is 16.6. The lowest BCUT2D eigenvalue weighted by molar-refractivity contribution is -0.147. The quantitative estimate of drug-likeness (QED) is 0.613. The van der Waals surface area contributed by atoms with Gasteiger partial charge >= 0.3 is 6.18 Å². The average molecular weight is 295 g/mol. The molecule has 0 aliphatic carbocycles. The van der Waals surface area contributed by atoms with Crippen LogP contribution in [0.15, 0.2) is 18.2 Å². The largest absolute Gasteiger partial charge is 0.401 e. The zero-order chi connectivity index (χ0) is 15.5. The number of alkyl halides is 3. The van der Waals surface area contributed by atoms with Crippen molar-refractivity contribution in [1.82, 2.24) is 4.90 Å². The molecule has 0 fully saturated rings. The highest BCUT2D eigenvalue weighted by atomic mass is 19.4. The number of carbonyl (C=O) groups is 1. The zero-order valence-corrected chi connectivity index (χ0v) is 11.0. The van der Waals surface area contributed by atoms with Gasteiger partial charge in [0.25, 0.3) is 0 Å². The predicted molar refractivity (Wildman–Crippen MR) is 63.5 cm³/mol. The van der Waals surface area contributed by atoms with Crippen LogP contribution in [0.4, 0.5) is 22.0 Å². The first-order valence-corrected chi connectivity index (χ1v) is 5.95. The Morgan fingerprint density at radius 3 is 2.30 bits per heavy atom. The lowest BCUT2D eigenvalue weighted by Gasteiger charge is -2.27. The fraction of sp³-hybridized carbons (Fsp3) is 0.462. The SMILES string of the molecule is CCN(CC(F)(F)F)C(C)C(=O)c1ccc(F)c(F)c1. The molecule has 0 radical (unpaired) electrons. The highest BCUT2D eigenvalue weighted by molar-refractivity contribution is 5.99. The van der Waals surface area contributed by atoms with Gasteiger partial charge in [0.2, 0.25) is 0 Å². The summed E-state index contributed by atoms with van der Waals surface area (Å²) in [5.74, 6) is -3.01. The number of ketones is 1. The van der Waals surface area contributed by atoms with Gasteiger partial charge in [-0.3, -0.25) is 9.69 Å². The molecule has 1 atom stereocenters. The lowest BCUT2D eigenvalue weighted by atomic mass is 10.0. The standard InChI is InChI=1S/C13H14F5NO/c1-3-19(7-13(16,17)18)8(2)12(20)9-4-5-10(14)11(15)6-9/h4-6,8H,3,7H2,1-2H3. The Labute approximate surface area is 113 Å². The van der Waals surface area contributed by atoms with Gasteiger partial charge in [0.15, 0.2) is 17.4 Å². The van der Waals surface area contributed by atoms with Crippen LogP contribution in [0.1, 0.15) is 24.2 Å². The van der Waals surface area contributed by atoms with Crippen LogP contribution in [-0.2, 0) is 0 Å². The van der Waals surface area contributed by atoms with E-state index in [0.717, 1.165) is 17.0 Å². The molecule has 20 heavy (non-hydrogen) atoms. The topological polar surface area (TPSA) is 20.3 Å². The van der Waals surface area contributed by atoms with E-state index in [0.29, 0.717) is 6.07 Å². The maximum absolute atomic E-state index is 13.0. The number of likely N-dealkylation sites (N-methyl/N-ethyl adjacent to an activating group) is 1. The number of nitrogens with zero attached hydrogens (tertiary/aromatic N) is 1. The normalized spacial score (nSPS) is 13.6. The Kier molecular flexibility index (Phi) is 5.21. The number of hydrogen-bond donors (Lipinski definition) is 0. The van der Waals surface area contributed by atoms with Gasteiger partial charge in [0, 0.05) is 5.56 Å². The molecular weight excluding hydrogens is 281 g/mol. The summed E-state index contributed by atoms with van der Waals surface area (Å²) in [4.78, 5) is 12.9. The van der Waals surface area contributed by atoms with Gasteiger partial charge in [0.05, 0.1) is 12.6 Å². The van der Waals surface area contributed by atoms with E-state index >= 15 is 0 Å². The van der Waals surface area contributed by atoms with Crippen LogP contribution >= 0.6 is 0 Å². The van der Waals surface area contributed by atoms with E-state index in [2.05, 4.69) is 0 Å². The van der Waals surface area contributed by atoms with E-state index in [-0.39, 0.29) is 12.1 Å². The van der Waals surface area contributed by atoms with Gasteiger partial charge in [-0.1, -0.05) is 6.92 Å². The second-order valence-electron chi connectivity index (χ2n) is 4.35. The number of Topliss-reactive ketones (excluding diaryl/α,β-unsaturated/α-hetero) is 1. The third-order valence-corrected chi connectivity index (χ3v) is 2.92. The molecule has 0 amide bonds. The summed E-state index contributed by atoms with van der Waals surface area (Å²) >= 11 is 0. The Morgan fingerprint density at radius 1 is 1.25 bits per heavy atom. The van der Waals surface area contributed by atoms with E-state index in [4.69, 9.17) is 0 Å². The monoisotopic (exact) mass is 295 g/mol. The van der Waals surface area contributed by atoms with Crippen LogP contribution in [0.25, 0.3) is 0 Å². The lowest BCUT2D eigenvalue weighted by Crippen LogP contribution is -2.44. The molecule has 0 aromatic heterocycles. The number of benzene rings is 1. The van der Waals surface area contributed by atoms with E-state index in [1.54, 1.807) is 0 Å². The van der Waals surface area contributed by atoms with E-state index in [1.165, 1.54) is 13.8 Å². The van der Waals surface area contributed by atoms with Gasteiger partial charge in [0.1, 0.15) is 0 Å². The van der Waals surface area contributed by atoms with Crippen LogP contribution in [0, 0.1) is 11.6 Å². The number of hydrogen-bond acceptors (Lipinski definition) is 2. The molecule has 0 aliphatic rings. The minimum Gasteiger partial charge on any atom is -0.292 e. The van der Waals surface area contributed by atoms with E-state index in [9.17, 15) is 26.7 Å². The van der Waals surface area contributed by atoms with Crippen LogP contribution in [-0.4, -0.2) is 36.0 Å². The molecule has 0 bridgehead atoms. The predicted octanol–water partition coefficient (Wildman–Crippen LogP) is 3.42. The van der Waals surface area contributed by atoms with Crippen LogP contribution in [0.2, 0.25) is 0 Å². The van der Waals surface area contributed by atoms with Crippen LogP contribution in [0.5, 0.6) is 0 Å². The zero-order valence-electron chi connectivity index (χ0n) is 11.0. The van der Waals surface area contributed by atoms with Crippen molar-refractivity contribution in [3.8, 4) is 0 Å². The number of carbonyl (C=O) groups excluding carboxylic acids is 1. The molecule has 1 aromatic rings. The van der Waals surface area contributed by atoms with Crippen molar-refractivity contribution >= 4 is 5.78 Å². The van der Waals surface area contributed by atoms with Gasteiger partial charge < -0.3 is 0 Å². The highest BCUT2D eigenvalue weighted by Gasteiger charge is 2.34. The molecule has 1 unspecified atom stereocenters. The summed E-state index contributed by atoms with van der Waals surface area (Å²) in [5, 5.41) is 0. The molecule has 1 aromatic carbocycles. The third-order valence-electron chi connectivity index (χ3n) is 2.92. The smallest absolute Gasteiger partial charge is 0.292 e. The molecule has 0 aliphatic heterocycles. The van der Waals surface area contributed by atoms with Crippen molar-refractivity contribution in [3.63, 3.8) is 0 Å². The summed E-state index contributed by atoms with van der Waals surface area (Å²) in [5.41, 5.74) is -0.156. The highest BCUT2D eigenvalue weighted by Crippen LogP contribution is 2.20. The Morgan fingerprint density at radius 2 is 1.85 bits per heavy atom. The van der Waals surface area contributed by atoms with Gasteiger partial charge in [-0.2, -0.15) is 13.2 Å². The molecule has 0 saturated heterocycles. The van der Waals surface area contributed by atoms with Crippen molar-refractivity contribution in [3.05, 3.63) is 35.4 Å². The fourth-order valence-electron chi connectivity index (χ4n) is 1.81. The fourth-order valence-corrected chi connectivity index (χ4v) is 1.81. The molecule has 0 saturated carbocycles. The molecule has 1 rings (SSSR count).